The zero-order chi connectivity index (χ0) is 13.1. The Hall–Kier alpha value is -1.55. The number of nitrogens with zero attached hydrogens (tertiary/aromatic N) is 1. The highest BCUT2D eigenvalue weighted by Crippen LogP contribution is 2.20. The van der Waals surface area contributed by atoms with Crippen LogP contribution in [0.4, 0.5) is 5.69 Å². The third-order valence-corrected chi connectivity index (χ3v) is 3.67. The Morgan fingerprint density at radius 2 is 2.06 bits per heavy atom. The first kappa shape index (κ1) is 12.9. The summed E-state index contributed by atoms with van der Waals surface area (Å²) in [6, 6.07) is 5.50. The molecular formula is C14H20N2O2. The molecule has 1 aliphatic rings. The summed E-state index contributed by atoms with van der Waals surface area (Å²) in [7, 11) is 1.73. The third kappa shape index (κ3) is 2.48. The molecule has 1 heterocycles. The van der Waals surface area contributed by atoms with Gasteiger partial charge in [0.25, 0.3) is 5.91 Å². The van der Waals surface area contributed by atoms with Crippen LogP contribution in [0.1, 0.15) is 28.8 Å². The van der Waals surface area contributed by atoms with Crippen LogP contribution in [0.3, 0.4) is 0 Å². The van der Waals surface area contributed by atoms with E-state index in [1.54, 1.807) is 7.11 Å². The first-order valence-electron chi connectivity index (χ1n) is 6.30. The zero-order valence-electron chi connectivity index (χ0n) is 11.0. The predicted octanol–water partition coefficient (Wildman–Crippen LogP) is 1.83. The number of ether oxygens (including phenoxy) is 1. The molecule has 0 unspecified atom stereocenters. The van der Waals surface area contributed by atoms with E-state index in [4.69, 9.17) is 10.5 Å². The molecule has 0 atom stereocenters. The second kappa shape index (κ2) is 5.40. The van der Waals surface area contributed by atoms with E-state index >= 15 is 0 Å². The van der Waals surface area contributed by atoms with Gasteiger partial charge in [0.05, 0.1) is 6.10 Å². The van der Waals surface area contributed by atoms with Crippen molar-refractivity contribution in [2.45, 2.75) is 25.9 Å². The van der Waals surface area contributed by atoms with E-state index in [0.29, 0.717) is 11.3 Å². The molecule has 2 N–H and O–H groups in total. The molecule has 4 heteroatoms. The van der Waals surface area contributed by atoms with Gasteiger partial charge >= 0.3 is 0 Å². The lowest BCUT2D eigenvalue weighted by Gasteiger charge is -2.31. The van der Waals surface area contributed by atoms with Crippen molar-refractivity contribution in [1.82, 2.24) is 4.90 Å². The quantitative estimate of drug-likeness (QED) is 0.812. The highest BCUT2D eigenvalue weighted by Gasteiger charge is 2.24. The lowest BCUT2D eigenvalue weighted by atomic mass is 10.0. The van der Waals surface area contributed by atoms with E-state index in [9.17, 15) is 4.79 Å². The highest BCUT2D eigenvalue weighted by atomic mass is 16.5. The molecule has 2 rings (SSSR count). The van der Waals surface area contributed by atoms with Crippen LogP contribution in [-0.2, 0) is 4.74 Å². The molecule has 0 bridgehead atoms. The Morgan fingerprint density at radius 1 is 1.39 bits per heavy atom. The maximum absolute atomic E-state index is 12.4. The number of carbonyl (C=O) groups is 1. The van der Waals surface area contributed by atoms with Gasteiger partial charge < -0.3 is 15.4 Å². The zero-order valence-corrected chi connectivity index (χ0v) is 11.0. The van der Waals surface area contributed by atoms with Crippen molar-refractivity contribution in [3.05, 3.63) is 29.3 Å². The number of hydrogen-bond donors (Lipinski definition) is 1. The molecule has 0 aromatic heterocycles. The minimum absolute atomic E-state index is 0.0781. The third-order valence-electron chi connectivity index (χ3n) is 3.67. The average Bonchev–Trinajstić information content (AvgIpc) is 2.41. The van der Waals surface area contributed by atoms with Crippen LogP contribution in [-0.4, -0.2) is 37.1 Å². The molecule has 1 fully saturated rings. The molecular weight excluding hydrogens is 228 g/mol. The Morgan fingerprint density at radius 3 is 2.67 bits per heavy atom. The van der Waals surface area contributed by atoms with Crippen molar-refractivity contribution in [3.8, 4) is 0 Å². The number of nitrogens with two attached hydrogens (primary N) is 1. The van der Waals surface area contributed by atoms with Crippen molar-refractivity contribution in [1.29, 1.82) is 0 Å². The molecule has 0 aliphatic carbocycles. The highest BCUT2D eigenvalue weighted by molar-refractivity contribution is 5.96. The van der Waals surface area contributed by atoms with Crippen molar-refractivity contribution in [2.75, 3.05) is 25.9 Å². The normalized spacial score (nSPS) is 16.9. The van der Waals surface area contributed by atoms with Crippen molar-refractivity contribution < 1.29 is 9.53 Å². The van der Waals surface area contributed by atoms with Gasteiger partial charge in [0.15, 0.2) is 0 Å². The minimum atomic E-state index is 0.0781. The summed E-state index contributed by atoms with van der Waals surface area (Å²) in [4.78, 5) is 14.3. The maximum Gasteiger partial charge on any atom is 0.254 e. The molecule has 1 aromatic rings. The standard InChI is InChI=1S/C14H20N2O2/c1-10-12(4-3-5-13(10)15)14(17)16-8-6-11(18-2)7-9-16/h3-5,11H,6-9,15H2,1-2H3. The monoisotopic (exact) mass is 248 g/mol. The van der Waals surface area contributed by atoms with Gasteiger partial charge in [-0.1, -0.05) is 6.07 Å². The van der Waals surface area contributed by atoms with Gasteiger partial charge in [0.2, 0.25) is 0 Å². The van der Waals surface area contributed by atoms with Gasteiger partial charge in [-0.3, -0.25) is 4.79 Å². The summed E-state index contributed by atoms with van der Waals surface area (Å²) in [6.45, 7) is 3.40. The van der Waals surface area contributed by atoms with Crippen LogP contribution in [0.5, 0.6) is 0 Å². The molecule has 98 valence electrons. The van der Waals surface area contributed by atoms with Crippen LogP contribution < -0.4 is 5.73 Å². The van der Waals surface area contributed by atoms with E-state index < -0.39 is 0 Å². The van der Waals surface area contributed by atoms with Crippen molar-refractivity contribution in [2.24, 2.45) is 0 Å². The summed E-state index contributed by atoms with van der Waals surface area (Å²) in [5.41, 5.74) is 8.10. The lowest BCUT2D eigenvalue weighted by molar-refractivity contribution is 0.0350. The summed E-state index contributed by atoms with van der Waals surface area (Å²) in [6.07, 6.45) is 2.10. The van der Waals surface area contributed by atoms with E-state index in [2.05, 4.69) is 0 Å². The summed E-state index contributed by atoms with van der Waals surface area (Å²) in [5, 5.41) is 0. The fourth-order valence-electron chi connectivity index (χ4n) is 2.35. The Balaban J connectivity index is 2.10. The molecule has 1 aliphatic heterocycles. The Labute approximate surface area is 108 Å². The van der Waals surface area contributed by atoms with Crippen LogP contribution in [0.25, 0.3) is 0 Å². The molecule has 18 heavy (non-hydrogen) atoms. The fraction of sp³-hybridized carbons (Fsp3) is 0.500. The number of anilines is 1. The number of carbonyl (C=O) groups excluding carboxylic acids is 1. The number of benzene rings is 1. The van der Waals surface area contributed by atoms with Gasteiger partial charge in [-0.15, -0.1) is 0 Å². The second-order valence-corrected chi connectivity index (χ2v) is 4.75. The van der Waals surface area contributed by atoms with Crippen LogP contribution >= 0.6 is 0 Å². The number of likely N-dealkylation sites (tertiary alicyclic amines) is 1. The van der Waals surface area contributed by atoms with E-state index in [0.717, 1.165) is 31.5 Å². The van der Waals surface area contributed by atoms with E-state index in [1.807, 2.05) is 30.0 Å². The topological polar surface area (TPSA) is 55.6 Å². The van der Waals surface area contributed by atoms with Crippen LogP contribution in [0.2, 0.25) is 0 Å². The number of nitrogen functional groups attached to an aromatic ring is 1. The smallest absolute Gasteiger partial charge is 0.254 e. The molecule has 0 radical (unpaired) electrons. The molecule has 4 nitrogen and oxygen atoms in total. The predicted molar refractivity (Wildman–Crippen MR) is 71.5 cm³/mol. The molecule has 1 amide bonds. The van der Waals surface area contributed by atoms with Gasteiger partial charge in [-0.2, -0.15) is 0 Å². The van der Waals surface area contributed by atoms with Crippen molar-refractivity contribution >= 4 is 11.6 Å². The van der Waals surface area contributed by atoms with Gasteiger partial charge in [0, 0.05) is 31.5 Å². The first-order valence-corrected chi connectivity index (χ1v) is 6.30. The van der Waals surface area contributed by atoms with E-state index in [1.165, 1.54) is 0 Å². The Bertz CT molecular complexity index is 437. The molecule has 0 saturated carbocycles. The number of rotatable bonds is 2. The Kier molecular flexibility index (Phi) is 3.87. The second-order valence-electron chi connectivity index (χ2n) is 4.75. The molecule has 1 saturated heterocycles. The molecule has 0 spiro atoms. The van der Waals surface area contributed by atoms with Gasteiger partial charge in [0.1, 0.15) is 0 Å². The summed E-state index contributed by atoms with van der Waals surface area (Å²) >= 11 is 0. The average molecular weight is 248 g/mol. The number of methoxy groups -OCH3 is 1. The minimum Gasteiger partial charge on any atom is -0.398 e. The molecule has 1 aromatic carbocycles. The number of hydrogen-bond acceptors (Lipinski definition) is 3. The number of piperidine rings is 1. The number of amides is 1. The largest absolute Gasteiger partial charge is 0.398 e. The SMILES string of the molecule is COC1CCN(C(=O)c2cccc(N)c2C)CC1. The maximum atomic E-state index is 12.4. The fourth-order valence-corrected chi connectivity index (χ4v) is 2.35. The van der Waals surface area contributed by atoms with Crippen LogP contribution in [0, 0.1) is 6.92 Å². The van der Waals surface area contributed by atoms with E-state index in [-0.39, 0.29) is 12.0 Å². The van der Waals surface area contributed by atoms with Gasteiger partial charge in [-0.25, -0.2) is 0 Å². The lowest BCUT2D eigenvalue weighted by Crippen LogP contribution is -2.40. The van der Waals surface area contributed by atoms with Crippen LogP contribution in [0.15, 0.2) is 18.2 Å². The van der Waals surface area contributed by atoms with Crippen molar-refractivity contribution in [3.63, 3.8) is 0 Å². The first-order chi connectivity index (χ1) is 8.63. The van der Waals surface area contributed by atoms with Gasteiger partial charge in [-0.05, 0) is 37.5 Å². The summed E-state index contributed by atoms with van der Waals surface area (Å²) < 4.78 is 5.31. The summed E-state index contributed by atoms with van der Waals surface area (Å²) in [5.74, 6) is 0.0781.